The van der Waals surface area contributed by atoms with Crippen LogP contribution in [-0.2, 0) is 0 Å². The lowest BCUT2D eigenvalue weighted by Gasteiger charge is -1.85. The topological polar surface area (TPSA) is 66.5 Å². The van der Waals surface area contributed by atoms with E-state index in [0.29, 0.717) is 5.69 Å². The Labute approximate surface area is 52.3 Å². The van der Waals surface area contributed by atoms with Gasteiger partial charge in [-0.3, -0.25) is 0 Å². The molecule has 0 bridgehead atoms. The molecule has 0 saturated carbocycles. The van der Waals surface area contributed by atoms with Crippen LogP contribution >= 0.6 is 0 Å². The van der Waals surface area contributed by atoms with Gasteiger partial charge in [0.2, 0.25) is 5.79 Å². The second-order valence-corrected chi connectivity index (χ2v) is 1.70. The van der Waals surface area contributed by atoms with Gasteiger partial charge in [-0.2, -0.15) is 0 Å². The van der Waals surface area contributed by atoms with Crippen LogP contribution in [0.15, 0.2) is 10.7 Å². The summed E-state index contributed by atoms with van der Waals surface area (Å²) in [6, 6.07) is 0. The van der Waals surface area contributed by atoms with Crippen molar-refractivity contribution in [2.75, 3.05) is 0 Å². The minimum Gasteiger partial charge on any atom is -0.452 e. The molecule has 2 N–H and O–H groups in total. The second-order valence-electron chi connectivity index (χ2n) is 1.70. The van der Waals surface area contributed by atoms with Crippen molar-refractivity contribution >= 4 is 12.9 Å². The number of nitrogens with zero attached hydrogens (tertiary/aromatic N) is 1. The summed E-state index contributed by atoms with van der Waals surface area (Å²) in [6.07, 6.45) is 1.36. The lowest BCUT2D eigenvalue weighted by Crippen LogP contribution is -2.30. The molecule has 1 rings (SSSR count). The number of aryl methyl sites for hydroxylation is 1. The van der Waals surface area contributed by atoms with Crippen molar-refractivity contribution in [3.05, 3.63) is 12.0 Å². The zero-order valence-electron chi connectivity index (χ0n) is 4.90. The van der Waals surface area contributed by atoms with Crippen LogP contribution in [-0.4, -0.2) is 22.2 Å². The average molecular weight is 127 g/mol. The lowest BCUT2D eigenvalue weighted by molar-refractivity contribution is 0.407. The van der Waals surface area contributed by atoms with Gasteiger partial charge >= 0.3 is 7.12 Å². The number of hydrogen-bond donors (Lipinski definition) is 2. The molecule has 4 nitrogen and oxygen atoms in total. The third kappa shape index (κ3) is 1.31. The van der Waals surface area contributed by atoms with Crippen LogP contribution in [0, 0.1) is 6.92 Å². The second kappa shape index (κ2) is 2.20. The Balaban J connectivity index is 2.85. The maximum atomic E-state index is 8.44. The van der Waals surface area contributed by atoms with E-state index in [1.807, 2.05) is 0 Å². The van der Waals surface area contributed by atoms with E-state index in [0.717, 1.165) is 0 Å². The minimum absolute atomic E-state index is 0.0625. The van der Waals surface area contributed by atoms with Gasteiger partial charge in [0.05, 0.1) is 5.69 Å². The molecule has 0 aromatic carbocycles. The van der Waals surface area contributed by atoms with Gasteiger partial charge in [-0.05, 0) is 6.92 Å². The van der Waals surface area contributed by atoms with Gasteiger partial charge in [0, 0.05) is 0 Å². The van der Waals surface area contributed by atoms with Crippen LogP contribution in [0.25, 0.3) is 0 Å². The third-order valence-corrected chi connectivity index (χ3v) is 0.858. The highest BCUT2D eigenvalue weighted by atomic mass is 16.4. The Hall–Kier alpha value is -0.805. The van der Waals surface area contributed by atoms with Gasteiger partial charge in [-0.25, -0.2) is 4.98 Å². The van der Waals surface area contributed by atoms with Crippen LogP contribution in [0.4, 0.5) is 0 Å². The van der Waals surface area contributed by atoms with E-state index in [2.05, 4.69) is 9.40 Å². The standard InChI is InChI=1S/C4H6BNO3/c1-3-2-9-4(6-3)5(7)8/h2,7-8H,1H3. The first-order valence-corrected chi connectivity index (χ1v) is 2.48. The van der Waals surface area contributed by atoms with Gasteiger partial charge < -0.3 is 14.5 Å². The summed E-state index contributed by atoms with van der Waals surface area (Å²) in [7, 11) is -1.60. The van der Waals surface area contributed by atoms with Gasteiger partial charge in [0.1, 0.15) is 6.26 Å². The molecule has 9 heavy (non-hydrogen) atoms. The molecular formula is C4H6BNO3. The molecule has 0 aliphatic rings. The smallest absolute Gasteiger partial charge is 0.452 e. The largest absolute Gasteiger partial charge is 0.548 e. The Morgan fingerprint density at radius 1 is 1.67 bits per heavy atom. The van der Waals surface area contributed by atoms with Crippen LogP contribution < -0.4 is 5.79 Å². The normalized spacial score (nSPS) is 9.67. The molecule has 1 aromatic heterocycles. The fourth-order valence-corrected chi connectivity index (χ4v) is 0.491. The maximum Gasteiger partial charge on any atom is 0.548 e. The summed E-state index contributed by atoms with van der Waals surface area (Å²) < 4.78 is 4.61. The van der Waals surface area contributed by atoms with Crippen LogP contribution in [0.2, 0.25) is 0 Å². The summed E-state index contributed by atoms with van der Waals surface area (Å²) in [4.78, 5) is 3.64. The monoisotopic (exact) mass is 127 g/mol. The molecule has 0 aliphatic carbocycles. The number of hydrogen-bond acceptors (Lipinski definition) is 4. The highest BCUT2D eigenvalue weighted by Crippen LogP contribution is 1.87. The number of oxazole rings is 1. The Morgan fingerprint density at radius 3 is 2.56 bits per heavy atom. The first kappa shape index (κ1) is 6.32. The van der Waals surface area contributed by atoms with E-state index < -0.39 is 7.12 Å². The molecular weight excluding hydrogens is 121 g/mol. The molecule has 0 unspecified atom stereocenters. The van der Waals surface area contributed by atoms with E-state index >= 15 is 0 Å². The van der Waals surface area contributed by atoms with E-state index in [9.17, 15) is 0 Å². The van der Waals surface area contributed by atoms with Crippen LogP contribution in [0.1, 0.15) is 5.69 Å². The Morgan fingerprint density at radius 2 is 2.33 bits per heavy atom. The first-order valence-electron chi connectivity index (χ1n) is 2.48. The van der Waals surface area contributed by atoms with Crippen LogP contribution in [0.3, 0.4) is 0 Å². The van der Waals surface area contributed by atoms with E-state index in [1.54, 1.807) is 6.92 Å². The Bertz CT molecular complexity index is 197. The molecule has 0 saturated heterocycles. The molecule has 1 aromatic rings. The van der Waals surface area contributed by atoms with E-state index in [-0.39, 0.29) is 5.79 Å². The SMILES string of the molecule is Cc1coc(B(O)O)n1. The summed E-state index contributed by atoms with van der Waals surface area (Å²) in [5.41, 5.74) is 0.637. The molecule has 0 atom stereocenters. The average Bonchev–Trinajstić information content (AvgIpc) is 2.14. The molecule has 0 fully saturated rings. The maximum absolute atomic E-state index is 8.44. The van der Waals surface area contributed by atoms with Crippen molar-refractivity contribution in [2.45, 2.75) is 6.92 Å². The zero-order valence-corrected chi connectivity index (χ0v) is 4.90. The lowest BCUT2D eigenvalue weighted by atomic mass is 9.93. The zero-order chi connectivity index (χ0) is 6.85. The van der Waals surface area contributed by atoms with Crippen molar-refractivity contribution in [3.63, 3.8) is 0 Å². The van der Waals surface area contributed by atoms with Crippen molar-refractivity contribution in [3.8, 4) is 0 Å². The summed E-state index contributed by atoms with van der Waals surface area (Å²) >= 11 is 0. The predicted molar refractivity (Wildman–Crippen MR) is 31.1 cm³/mol. The number of rotatable bonds is 1. The van der Waals surface area contributed by atoms with Gasteiger partial charge in [-0.1, -0.05) is 0 Å². The molecule has 0 radical (unpaired) electrons. The highest BCUT2D eigenvalue weighted by molar-refractivity contribution is 6.55. The molecule has 0 amide bonds. The van der Waals surface area contributed by atoms with E-state index in [1.165, 1.54) is 6.26 Å². The fourth-order valence-electron chi connectivity index (χ4n) is 0.491. The summed E-state index contributed by atoms with van der Waals surface area (Å²) in [6.45, 7) is 1.70. The molecule has 48 valence electrons. The summed E-state index contributed by atoms with van der Waals surface area (Å²) in [5, 5.41) is 16.9. The van der Waals surface area contributed by atoms with Crippen molar-refractivity contribution < 1.29 is 14.5 Å². The molecule has 0 spiro atoms. The van der Waals surface area contributed by atoms with Gasteiger partial charge in [0.15, 0.2) is 0 Å². The first-order chi connectivity index (χ1) is 4.20. The quantitative estimate of drug-likeness (QED) is 0.458. The van der Waals surface area contributed by atoms with Crippen molar-refractivity contribution in [1.82, 2.24) is 4.98 Å². The van der Waals surface area contributed by atoms with Crippen LogP contribution in [0.5, 0.6) is 0 Å². The van der Waals surface area contributed by atoms with Crippen molar-refractivity contribution in [2.24, 2.45) is 0 Å². The fraction of sp³-hybridized carbons (Fsp3) is 0.250. The van der Waals surface area contributed by atoms with Gasteiger partial charge in [-0.15, -0.1) is 0 Å². The minimum atomic E-state index is -1.60. The summed E-state index contributed by atoms with van der Waals surface area (Å²) in [5.74, 6) is -0.0625. The third-order valence-electron chi connectivity index (χ3n) is 0.858. The predicted octanol–water partition coefficient (Wildman–Crippen LogP) is -1.34. The molecule has 0 aliphatic heterocycles. The number of aromatic nitrogens is 1. The molecule has 5 heteroatoms. The Kier molecular flexibility index (Phi) is 1.55. The highest BCUT2D eigenvalue weighted by Gasteiger charge is 2.16. The van der Waals surface area contributed by atoms with E-state index in [4.69, 9.17) is 10.0 Å². The molecule has 1 heterocycles. The van der Waals surface area contributed by atoms with Crippen molar-refractivity contribution in [1.29, 1.82) is 0 Å². The van der Waals surface area contributed by atoms with Gasteiger partial charge in [0.25, 0.3) is 0 Å².